The molecule has 0 amide bonds. The van der Waals surface area contributed by atoms with Crippen LogP contribution in [0.15, 0.2) is 0 Å². The molecule has 1 fully saturated rings. The molecule has 0 aromatic carbocycles. The van der Waals surface area contributed by atoms with Crippen LogP contribution in [0.1, 0.15) is 33.6 Å². The molecule has 4 heteroatoms. The summed E-state index contributed by atoms with van der Waals surface area (Å²) in [7, 11) is 0. The van der Waals surface area contributed by atoms with Crippen LogP contribution in [0.2, 0.25) is 0 Å². The van der Waals surface area contributed by atoms with Crippen LogP contribution in [0.25, 0.3) is 0 Å². The van der Waals surface area contributed by atoms with Crippen molar-refractivity contribution in [2.45, 2.75) is 45.5 Å². The zero-order chi connectivity index (χ0) is 9.19. The lowest BCUT2D eigenvalue weighted by Crippen LogP contribution is -2.29. The molecule has 0 atom stereocenters. The second kappa shape index (κ2) is 3.41. The van der Waals surface area contributed by atoms with E-state index in [1.165, 1.54) is 0 Å². The highest BCUT2D eigenvalue weighted by molar-refractivity contribution is 5.74. The summed E-state index contributed by atoms with van der Waals surface area (Å²) >= 11 is 0. The third-order valence-electron chi connectivity index (χ3n) is 1.61. The summed E-state index contributed by atoms with van der Waals surface area (Å²) in [6, 6.07) is 0. The maximum absolute atomic E-state index is 11.0. The van der Waals surface area contributed by atoms with Crippen molar-refractivity contribution < 1.29 is 19.3 Å². The van der Waals surface area contributed by atoms with Gasteiger partial charge in [0, 0.05) is 0 Å². The van der Waals surface area contributed by atoms with Gasteiger partial charge in [-0.2, -0.15) is 9.78 Å². The third kappa shape index (κ3) is 2.79. The van der Waals surface area contributed by atoms with E-state index in [-0.39, 0.29) is 0 Å². The Kier molecular flexibility index (Phi) is 2.69. The van der Waals surface area contributed by atoms with Gasteiger partial charge in [0.2, 0.25) is 0 Å². The topological polar surface area (TPSA) is 51.4 Å². The van der Waals surface area contributed by atoms with E-state index in [9.17, 15) is 4.79 Å². The van der Waals surface area contributed by atoms with Crippen molar-refractivity contribution in [1.29, 1.82) is 0 Å². The zero-order valence-corrected chi connectivity index (χ0v) is 7.62. The van der Waals surface area contributed by atoms with Crippen LogP contribution >= 0.6 is 0 Å². The van der Waals surface area contributed by atoms with Gasteiger partial charge in [0.15, 0.2) is 0 Å². The summed E-state index contributed by atoms with van der Waals surface area (Å²) in [5.41, 5.74) is -0.416. The predicted molar refractivity (Wildman–Crippen MR) is 41.0 cm³/mol. The van der Waals surface area contributed by atoms with Gasteiger partial charge < -0.3 is 4.74 Å². The first-order chi connectivity index (χ1) is 5.55. The van der Waals surface area contributed by atoms with E-state index in [1.807, 2.05) is 20.8 Å². The lowest BCUT2D eigenvalue weighted by molar-refractivity contribution is -0.159. The average Bonchev–Trinajstić information content (AvgIpc) is 2.65. The molecule has 1 aliphatic heterocycles. The molecule has 0 bridgehead atoms. The van der Waals surface area contributed by atoms with Gasteiger partial charge in [-0.3, -0.25) is 0 Å². The minimum absolute atomic E-state index is 0.416. The zero-order valence-electron chi connectivity index (χ0n) is 7.62. The Labute approximate surface area is 71.7 Å². The van der Waals surface area contributed by atoms with Gasteiger partial charge in [0.25, 0.3) is 0 Å². The molecule has 1 saturated heterocycles. The average molecular weight is 174 g/mol. The number of ether oxygens (including phenoxy) is 1. The fraction of sp³-hybridized carbons (Fsp3) is 0.875. The molecular weight excluding hydrogens is 160 g/mol. The molecule has 0 radical (unpaired) electrons. The molecule has 0 N–H and O–H groups in total. The standard InChI is InChI=1S/C8H14O4/c1-4-5-8(2,3)10-6(9)7-11-12-7/h7H,4-5H2,1-3H3. The molecule has 0 spiro atoms. The van der Waals surface area contributed by atoms with Gasteiger partial charge in [-0.15, -0.1) is 0 Å². The first kappa shape index (κ1) is 9.48. The van der Waals surface area contributed by atoms with E-state index in [0.717, 1.165) is 12.8 Å². The normalized spacial score (nSPS) is 17.6. The summed E-state index contributed by atoms with van der Waals surface area (Å²) in [6.45, 7) is 5.78. The second-order valence-corrected chi connectivity index (χ2v) is 3.46. The van der Waals surface area contributed by atoms with Crippen molar-refractivity contribution in [1.82, 2.24) is 0 Å². The Hall–Kier alpha value is -0.610. The van der Waals surface area contributed by atoms with Gasteiger partial charge in [0.05, 0.1) is 0 Å². The first-order valence-corrected chi connectivity index (χ1v) is 4.10. The second-order valence-electron chi connectivity index (χ2n) is 3.46. The number of hydrogen-bond donors (Lipinski definition) is 0. The predicted octanol–water partition coefficient (Wildman–Crippen LogP) is 1.40. The first-order valence-electron chi connectivity index (χ1n) is 4.10. The molecule has 0 saturated carbocycles. The highest BCUT2D eigenvalue weighted by Crippen LogP contribution is 2.21. The third-order valence-corrected chi connectivity index (χ3v) is 1.61. The van der Waals surface area contributed by atoms with E-state index in [1.54, 1.807) is 0 Å². The smallest absolute Gasteiger partial charge is 0.370 e. The van der Waals surface area contributed by atoms with Crippen LogP contribution in [-0.2, 0) is 19.3 Å². The lowest BCUT2D eigenvalue weighted by Gasteiger charge is -2.23. The van der Waals surface area contributed by atoms with Crippen molar-refractivity contribution in [3.8, 4) is 0 Å². The quantitative estimate of drug-likeness (QED) is 0.367. The largest absolute Gasteiger partial charge is 0.456 e. The van der Waals surface area contributed by atoms with Crippen LogP contribution in [0.4, 0.5) is 0 Å². The minimum Gasteiger partial charge on any atom is -0.456 e. The highest BCUT2D eigenvalue weighted by atomic mass is 17.4. The summed E-state index contributed by atoms with van der Waals surface area (Å²) in [5.74, 6) is -0.437. The lowest BCUT2D eigenvalue weighted by atomic mass is 10.0. The number of carbonyl (C=O) groups excluding carboxylic acids is 1. The highest BCUT2D eigenvalue weighted by Gasteiger charge is 2.39. The van der Waals surface area contributed by atoms with E-state index in [2.05, 4.69) is 9.78 Å². The Bertz CT molecular complexity index is 172. The van der Waals surface area contributed by atoms with Gasteiger partial charge in [-0.1, -0.05) is 13.3 Å². The fourth-order valence-electron chi connectivity index (χ4n) is 1.08. The Balaban J connectivity index is 2.31. The van der Waals surface area contributed by atoms with E-state index >= 15 is 0 Å². The van der Waals surface area contributed by atoms with Crippen molar-refractivity contribution >= 4 is 5.97 Å². The van der Waals surface area contributed by atoms with Crippen LogP contribution in [-0.4, -0.2) is 17.9 Å². The van der Waals surface area contributed by atoms with Crippen molar-refractivity contribution in [3.05, 3.63) is 0 Å². The number of carbonyl (C=O) groups is 1. The van der Waals surface area contributed by atoms with Gasteiger partial charge in [0.1, 0.15) is 5.60 Å². The maximum Gasteiger partial charge on any atom is 0.370 e. The molecular formula is C8H14O4. The van der Waals surface area contributed by atoms with Crippen LogP contribution < -0.4 is 0 Å². The van der Waals surface area contributed by atoms with Crippen molar-refractivity contribution in [3.63, 3.8) is 0 Å². The van der Waals surface area contributed by atoms with Gasteiger partial charge in [-0.05, 0) is 20.3 Å². The summed E-state index contributed by atoms with van der Waals surface area (Å²) in [5, 5.41) is 0. The van der Waals surface area contributed by atoms with E-state index < -0.39 is 17.9 Å². The molecule has 1 heterocycles. The van der Waals surface area contributed by atoms with Crippen LogP contribution in [0.3, 0.4) is 0 Å². The molecule has 70 valence electrons. The molecule has 0 aliphatic carbocycles. The van der Waals surface area contributed by atoms with Gasteiger partial charge in [-0.25, -0.2) is 4.79 Å². The van der Waals surface area contributed by atoms with Crippen molar-refractivity contribution in [2.24, 2.45) is 0 Å². The maximum atomic E-state index is 11.0. The van der Waals surface area contributed by atoms with Gasteiger partial charge >= 0.3 is 12.3 Å². The SMILES string of the molecule is CCCC(C)(C)OC(=O)C1OO1. The van der Waals surface area contributed by atoms with Crippen LogP contribution in [0, 0.1) is 0 Å². The molecule has 0 unspecified atom stereocenters. The molecule has 0 aromatic heterocycles. The monoisotopic (exact) mass is 174 g/mol. The summed E-state index contributed by atoms with van der Waals surface area (Å²) in [4.78, 5) is 19.7. The Morgan fingerprint density at radius 1 is 1.50 bits per heavy atom. The van der Waals surface area contributed by atoms with E-state index in [0.29, 0.717) is 0 Å². The number of rotatable bonds is 4. The van der Waals surface area contributed by atoms with Crippen molar-refractivity contribution in [2.75, 3.05) is 0 Å². The minimum atomic E-state index is -0.777. The molecule has 1 aliphatic rings. The number of hydrogen-bond acceptors (Lipinski definition) is 4. The molecule has 12 heavy (non-hydrogen) atoms. The Morgan fingerprint density at radius 3 is 2.50 bits per heavy atom. The Morgan fingerprint density at radius 2 is 2.08 bits per heavy atom. The summed E-state index contributed by atoms with van der Waals surface area (Å²) in [6.07, 6.45) is 1.04. The number of esters is 1. The van der Waals surface area contributed by atoms with Crippen LogP contribution in [0.5, 0.6) is 0 Å². The molecule has 0 aromatic rings. The molecule has 1 rings (SSSR count). The molecule has 4 nitrogen and oxygen atoms in total. The van der Waals surface area contributed by atoms with E-state index in [4.69, 9.17) is 4.74 Å². The fourth-order valence-corrected chi connectivity index (χ4v) is 1.08. The summed E-state index contributed by atoms with van der Waals surface area (Å²) < 4.78 is 5.11.